The van der Waals surface area contributed by atoms with Gasteiger partial charge in [-0.2, -0.15) is 0 Å². The van der Waals surface area contributed by atoms with Gasteiger partial charge >= 0.3 is 0 Å². The Balaban J connectivity index is 2.17. The van der Waals surface area contributed by atoms with E-state index in [2.05, 4.69) is 30.7 Å². The standard InChI is InChI=1S/C16H21ClN4O/c1-9(2)21-8-4-7-16(21,3)15-19-11-6-5-10(17)12(14(18)22)13(11)20-15/h5-6,9H,4,7-8H2,1-3H3,(H2,18,22)(H,19,20)/t16-/m1/s1. The first-order valence-electron chi connectivity index (χ1n) is 7.60. The van der Waals surface area contributed by atoms with Crippen LogP contribution in [0.25, 0.3) is 11.0 Å². The van der Waals surface area contributed by atoms with Gasteiger partial charge in [0.25, 0.3) is 5.91 Å². The Labute approximate surface area is 134 Å². The molecule has 5 nitrogen and oxygen atoms in total. The van der Waals surface area contributed by atoms with Crippen LogP contribution in [0.4, 0.5) is 0 Å². The Morgan fingerprint density at radius 2 is 2.23 bits per heavy atom. The predicted octanol–water partition coefficient (Wildman–Crippen LogP) is 3.03. The number of H-pyrrole nitrogens is 1. The smallest absolute Gasteiger partial charge is 0.252 e. The highest BCUT2D eigenvalue weighted by Crippen LogP contribution is 2.39. The molecule has 3 rings (SSSR count). The van der Waals surface area contributed by atoms with Crippen molar-refractivity contribution in [1.29, 1.82) is 0 Å². The maximum atomic E-state index is 11.7. The van der Waals surface area contributed by atoms with Gasteiger partial charge in [0.15, 0.2) is 0 Å². The fourth-order valence-electron chi connectivity index (χ4n) is 3.61. The number of nitrogens with two attached hydrogens (primary N) is 1. The number of aromatic amines is 1. The molecule has 0 spiro atoms. The summed E-state index contributed by atoms with van der Waals surface area (Å²) in [7, 11) is 0. The number of primary amides is 1. The van der Waals surface area contributed by atoms with Gasteiger partial charge in [-0.25, -0.2) is 4.98 Å². The highest BCUT2D eigenvalue weighted by atomic mass is 35.5. The number of imidazole rings is 1. The molecular weight excluding hydrogens is 300 g/mol. The van der Waals surface area contributed by atoms with Crippen LogP contribution in [0.1, 0.15) is 49.8 Å². The van der Waals surface area contributed by atoms with E-state index in [1.165, 1.54) is 0 Å². The monoisotopic (exact) mass is 320 g/mol. The molecular formula is C16H21ClN4O. The van der Waals surface area contributed by atoms with Gasteiger partial charge < -0.3 is 10.7 Å². The minimum absolute atomic E-state index is 0.158. The lowest BCUT2D eigenvalue weighted by Crippen LogP contribution is -2.43. The maximum absolute atomic E-state index is 11.7. The summed E-state index contributed by atoms with van der Waals surface area (Å²) < 4.78 is 0. The number of fused-ring (bicyclic) bond motifs is 1. The number of hydrogen-bond donors (Lipinski definition) is 2. The van der Waals surface area contributed by atoms with Crippen LogP contribution < -0.4 is 5.73 Å². The van der Waals surface area contributed by atoms with Gasteiger partial charge in [-0.3, -0.25) is 9.69 Å². The van der Waals surface area contributed by atoms with Crippen molar-refractivity contribution < 1.29 is 4.79 Å². The third-order valence-electron chi connectivity index (χ3n) is 4.68. The summed E-state index contributed by atoms with van der Waals surface area (Å²) in [4.78, 5) is 22.2. The van der Waals surface area contributed by atoms with Crippen LogP contribution in [-0.4, -0.2) is 33.4 Å². The lowest BCUT2D eigenvalue weighted by molar-refractivity contribution is 0.100. The third-order valence-corrected chi connectivity index (χ3v) is 5.00. The van der Waals surface area contributed by atoms with E-state index in [1.54, 1.807) is 6.07 Å². The molecule has 1 aromatic carbocycles. The fraction of sp³-hybridized carbons (Fsp3) is 0.500. The first kappa shape index (κ1) is 15.3. The van der Waals surface area contributed by atoms with Crippen LogP contribution in [-0.2, 0) is 5.54 Å². The highest BCUT2D eigenvalue weighted by molar-refractivity contribution is 6.35. The summed E-state index contributed by atoms with van der Waals surface area (Å²) in [6.07, 6.45) is 2.17. The van der Waals surface area contributed by atoms with Crippen molar-refractivity contribution in [3.05, 3.63) is 28.5 Å². The average molecular weight is 321 g/mol. The Morgan fingerprint density at radius 1 is 1.50 bits per heavy atom. The minimum Gasteiger partial charge on any atom is -0.365 e. The molecule has 1 fully saturated rings. The number of halogens is 1. The van der Waals surface area contributed by atoms with Crippen molar-refractivity contribution in [3.63, 3.8) is 0 Å². The van der Waals surface area contributed by atoms with E-state index < -0.39 is 5.91 Å². The zero-order valence-corrected chi connectivity index (χ0v) is 13.9. The van der Waals surface area contributed by atoms with Crippen molar-refractivity contribution >= 4 is 28.5 Å². The van der Waals surface area contributed by atoms with E-state index in [1.807, 2.05) is 6.07 Å². The van der Waals surface area contributed by atoms with Crippen molar-refractivity contribution in [2.45, 2.75) is 45.2 Å². The molecule has 1 aliphatic rings. The number of rotatable bonds is 3. The largest absolute Gasteiger partial charge is 0.365 e. The van der Waals surface area contributed by atoms with E-state index in [-0.39, 0.29) is 5.54 Å². The van der Waals surface area contributed by atoms with Crippen LogP contribution in [0.15, 0.2) is 12.1 Å². The topological polar surface area (TPSA) is 75.0 Å². The third kappa shape index (κ3) is 2.20. The summed E-state index contributed by atoms with van der Waals surface area (Å²) in [5, 5.41) is 0.343. The Bertz CT molecular complexity index is 739. The quantitative estimate of drug-likeness (QED) is 0.912. The van der Waals surface area contributed by atoms with Crippen LogP contribution in [0.5, 0.6) is 0 Å². The molecule has 22 heavy (non-hydrogen) atoms. The number of nitrogens with one attached hydrogen (secondary N) is 1. The molecule has 1 aromatic heterocycles. The molecule has 118 valence electrons. The SMILES string of the molecule is CC(C)N1CCC[C@]1(C)c1nc2c(C(N)=O)c(Cl)ccc2[nH]1. The molecule has 0 unspecified atom stereocenters. The van der Waals surface area contributed by atoms with Crippen molar-refractivity contribution in [2.75, 3.05) is 6.54 Å². The van der Waals surface area contributed by atoms with Crippen LogP contribution in [0.2, 0.25) is 5.02 Å². The molecule has 3 N–H and O–H groups in total. The molecule has 1 aliphatic heterocycles. The first-order chi connectivity index (χ1) is 10.3. The molecule has 1 saturated heterocycles. The van der Waals surface area contributed by atoms with Gasteiger partial charge in [-0.1, -0.05) is 11.6 Å². The normalized spacial score (nSPS) is 22.8. The number of nitrogens with zero attached hydrogens (tertiary/aromatic N) is 2. The molecule has 0 bridgehead atoms. The Hall–Kier alpha value is -1.59. The van der Waals surface area contributed by atoms with E-state index in [9.17, 15) is 4.79 Å². The van der Waals surface area contributed by atoms with Gasteiger partial charge in [-0.05, 0) is 52.3 Å². The lowest BCUT2D eigenvalue weighted by Gasteiger charge is -2.36. The van der Waals surface area contributed by atoms with E-state index in [0.717, 1.165) is 30.7 Å². The van der Waals surface area contributed by atoms with Gasteiger partial charge in [0, 0.05) is 6.04 Å². The second-order valence-electron chi connectivity index (χ2n) is 6.43. The zero-order chi connectivity index (χ0) is 16.1. The molecule has 2 aromatic rings. The van der Waals surface area contributed by atoms with E-state index in [4.69, 9.17) is 22.3 Å². The second kappa shape index (κ2) is 5.25. The van der Waals surface area contributed by atoms with Crippen molar-refractivity contribution in [3.8, 4) is 0 Å². The second-order valence-corrected chi connectivity index (χ2v) is 6.84. The fourth-order valence-corrected chi connectivity index (χ4v) is 3.85. The maximum Gasteiger partial charge on any atom is 0.252 e. The summed E-state index contributed by atoms with van der Waals surface area (Å²) >= 11 is 6.12. The molecule has 0 aliphatic carbocycles. The van der Waals surface area contributed by atoms with Crippen molar-refractivity contribution in [2.24, 2.45) is 5.73 Å². The van der Waals surface area contributed by atoms with Gasteiger partial charge in [0.2, 0.25) is 0 Å². The number of carbonyl (C=O) groups excluding carboxylic acids is 1. The molecule has 2 heterocycles. The molecule has 0 radical (unpaired) electrons. The van der Waals surface area contributed by atoms with Gasteiger partial charge in [0.05, 0.1) is 21.6 Å². The van der Waals surface area contributed by atoms with Crippen LogP contribution >= 0.6 is 11.6 Å². The Morgan fingerprint density at radius 3 is 2.86 bits per heavy atom. The number of hydrogen-bond acceptors (Lipinski definition) is 3. The summed E-state index contributed by atoms with van der Waals surface area (Å²) in [5.74, 6) is 0.324. The number of carbonyl (C=O) groups is 1. The van der Waals surface area contributed by atoms with E-state index >= 15 is 0 Å². The number of likely N-dealkylation sites (tertiary alicyclic amines) is 1. The first-order valence-corrected chi connectivity index (χ1v) is 7.97. The zero-order valence-electron chi connectivity index (χ0n) is 13.1. The van der Waals surface area contributed by atoms with Gasteiger partial charge in [0.1, 0.15) is 11.3 Å². The summed E-state index contributed by atoms with van der Waals surface area (Å²) in [6, 6.07) is 3.96. The summed E-state index contributed by atoms with van der Waals surface area (Å²) in [6.45, 7) is 7.63. The number of aromatic nitrogens is 2. The lowest BCUT2D eigenvalue weighted by atomic mass is 9.97. The van der Waals surface area contributed by atoms with Crippen molar-refractivity contribution in [1.82, 2.24) is 14.9 Å². The Kier molecular flexibility index (Phi) is 3.65. The predicted molar refractivity (Wildman–Crippen MR) is 88.0 cm³/mol. The van der Waals surface area contributed by atoms with Crippen LogP contribution in [0, 0.1) is 0 Å². The number of benzene rings is 1. The minimum atomic E-state index is -0.550. The molecule has 0 saturated carbocycles. The van der Waals surface area contributed by atoms with E-state index in [0.29, 0.717) is 22.1 Å². The average Bonchev–Trinajstić information content (AvgIpc) is 3.02. The highest BCUT2D eigenvalue weighted by Gasteiger charge is 2.42. The van der Waals surface area contributed by atoms with Crippen LogP contribution in [0.3, 0.4) is 0 Å². The van der Waals surface area contributed by atoms with Gasteiger partial charge in [-0.15, -0.1) is 0 Å². The molecule has 1 atom stereocenters. The molecule has 6 heteroatoms. The molecule has 1 amide bonds. The number of amides is 1. The summed E-state index contributed by atoms with van der Waals surface area (Å²) in [5.41, 5.74) is 6.96.